The standard InChI is InChI=1S/C25H33N3O2/c1-16(2)13-22-27-24-18(5)15-19(6)26-25(24)28(22)21-9-7-20(8-10-21)11-12-30-23(29)14-17(3)4/h7-10,15-17H,11-14H2,1-6H3. The SMILES string of the molecule is Cc1cc(C)c2nc(CC(C)C)n(-c3ccc(CCOC(=O)CC(C)C)cc3)c2n1. The summed E-state index contributed by atoms with van der Waals surface area (Å²) < 4.78 is 7.52. The van der Waals surface area contributed by atoms with Crippen molar-refractivity contribution in [3.05, 3.63) is 53.0 Å². The van der Waals surface area contributed by atoms with Crippen LogP contribution in [0.5, 0.6) is 0 Å². The molecule has 0 radical (unpaired) electrons. The van der Waals surface area contributed by atoms with Crippen molar-refractivity contribution in [3.8, 4) is 5.69 Å². The van der Waals surface area contributed by atoms with Crippen LogP contribution in [0.4, 0.5) is 0 Å². The van der Waals surface area contributed by atoms with Gasteiger partial charge in [0, 0.05) is 30.6 Å². The fraction of sp³-hybridized carbons (Fsp3) is 0.480. The van der Waals surface area contributed by atoms with Gasteiger partial charge in [-0.25, -0.2) is 9.97 Å². The van der Waals surface area contributed by atoms with E-state index in [1.165, 1.54) is 0 Å². The van der Waals surface area contributed by atoms with Crippen molar-refractivity contribution >= 4 is 17.1 Å². The highest BCUT2D eigenvalue weighted by Gasteiger charge is 2.17. The fourth-order valence-electron chi connectivity index (χ4n) is 3.67. The Morgan fingerprint density at radius 1 is 1.03 bits per heavy atom. The van der Waals surface area contributed by atoms with E-state index >= 15 is 0 Å². The highest BCUT2D eigenvalue weighted by atomic mass is 16.5. The van der Waals surface area contributed by atoms with Crippen LogP contribution in [0.1, 0.15) is 56.8 Å². The monoisotopic (exact) mass is 407 g/mol. The number of aryl methyl sites for hydroxylation is 2. The largest absolute Gasteiger partial charge is 0.465 e. The Morgan fingerprint density at radius 3 is 2.37 bits per heavy atom. The van der Waals surface area contributed by atoms with E-state index < -0.39 is 0 Å². The first-order chi connectivity index (χ1) is 14.2. The summed E-state index contributed by atoms with van der Waals surface area (Å²) in [6.07, 6.45) is 2.07. The van der Waals surface area contributed by atoms with Crippen LogP contribution < -0.4 is 0 Å². The molecule has 0 bridgehead atoms. The third kappa shape index (κ3) is 5.26. The lowest BCUT2D eigenvalue weighted by Gasteiger charge is -2.12. The number of carbonyl (C=O) groups excluding carboxylic acids is 1. The Bertz CT molecular complexity index is 1020. The summed E-state index contributed by atoms with van der Waals surface area (Å²) in [6, 6.07) is 10.5. The van der Waals surface area contributed by atoms with Crippen LogP contribution in [0.25, 0.3) is 16.9 Å². The van der Waals surface area contributed by atoms with E-state index in [0.717, 1.165) is 45.9 Å². The lowest BCUT2D eigenvalue weighted by molar-refractivity contribution is -0.144. The van der Waals surface area contributed by atoms with E-state index in [1.807, 2.05) is 20.8 Å². The van der Waals surface area contributed by atoms with E-state index in [4.69, 9.17) is 14.7 Å². The molecule has 5 heteroatoms. The topological polar surface area (TPSA) is 57.0 Å². The van der Waals surface area contributed by atoms with E-state index in [9.17, 15) is 4.79 Å². The van der Waals surface area contributed by atoms with Crippen molar-refractivity contribution in [1.29, 1.82) is 0 Å². The van der Waals surface area contributed by atoms with E-state index in [2.05, 4.69) is 55.7 Å². The van der Waals surface area contributed by atoms with Crippen LogP contribution in [0.15, 0.2) is 30.3 Å². The highest BCUT2D eigenvalue weighted by Crippen LogP contribution is 2.25. The lowest BCUT2D eigenvalue weighted by Crippen LogP contribution is -2.10. The fourth-order valence-corrected chi connectivity index (χ4v) is 3.67. The molecule has 0 aliphatic carbocycles. The van der Waals surface area contributed by atoms with Crippen molar-refractivity contribution in [3.63, 3.8) is 0 Å². The Kier molecular flexibility index (Phi) is 6.91. The summed E-state index contributed by atoms with van der Waals surface area (Å²) in [5.41, 5.74) is 6.24. The minimum atomic E-state index is -0.123. The molecule has 2 heterocycles. The van der Waals surface area contributed by atoms with Gasteiger partial charge in [0.2, 0.25) is 0 Å². The zero-order valence-corrected chi connectivity index (χ0v) is 19.0. The smallest absolute Gasteiger partial charge is 0.306 e. The van der Waals surface area contributed by atoms with E-state index in [0.29, 0.717) is 31.3 Å². The molecule has 3 aromatic rings. The average Bonchev–Trinajstić information content (AvgIpc) is 2.99. The second-order valence-electron chi connectivity index (χ2n) is 8.95. The zero-order chi connectivity index (χ0) is 21.8. The van der Waals surface area contributed by atoms with Crippen LogP contribution in [-0.2, 0) is 22.4 Å². The predicted octanol–water partition coefficient (Wildman–Crippen LogP) is 5.37. The number of esters is 1. The zero-order valence-electron chi connectivity index (χ0n) is 19.0. The second kappa shape index (κ2) is 9.41. The first-order valence-corrected chi connectivity index (χ1v) is 10.8. The maximum atomic E-state index is 11.7. The van der Waals surface area contributed by atoms with Crippen LogP contribution in [0, 0.1) is 25.7 Å². The normalized spacial score (nSPS) is 11.6. The predicted molar refractivity (Wildman–Crippen MR) is 121 cm³/mol. The Hall–Kier alpha value is -2.69. The van der Waals surface area contributed by atoms with E-state index in [-0.39, 0.29) is 5.97 Å². The number of pyridine rings is 1. The molecule has 0 amide bonds. The maximum Gasteiger partial charge on any atom is 0.306 e. The molecule has 5 nitrogen and oxygen atoms in total. The lowest BCUT2D eigenvalue weighted by atomic mass is 10.1. The molecule has 0 unspecified atom stereocenters. The number of ether oxygens (including phenoxy) is 1. The first-order valence-electron chi connectivity index (χ1n) is 10.8. The molecule has 0 fully saturated rings. The summed E-state index contributed by atoms with van der Waals surface area (Å²) in [4.78, 5) is 21.4. The van der Waals surface area contributed by atoms with Crippen molar-refractivity contribution in [2.45, 2.75) is 60.8 Å². The number of nitrogens with zero attached hydrogens (tertiary/aromatic N) is 3. The van der Waals surface area contributed by atoms with Crippen LogP contribution in [0.3, 0.4) is 0 Å². The Labute approximate surface area is 179 Å². The highest BCUT2D eigenvalue weighted by molar-refractivity contribution is 5.78. The number of benzene rings is 1. The van der Waals surface area contributed by atoms with Gasteiger partial charge >= 0.3 is 5.97 Å². The molecule has 0 aliphatic heterocycles. The number of fused-ring (bicyclic) bond motifs is 1. The van der Waals surface area contributed by atoms with Crippen molar-refractivity contribution in [2.24, 2.45) is 11.8 Å². The second-order valence-corrected chi connectivity index (χ2v) is 8.95. The Morgan fingerprint density at radius 2 is 1.73 bits per heavy atom. The molecular formula is C25H33N3O2. The average molecular weight is 408 g/mol. The summed E-state index contributed by atoms with van der Waals surface area (Å²) in [7, 11) is 0. The summed E-state index contributed by atoms with van der Waals surface area (Å²) in [6.45, 7) is 13.0. The number of imidazole rings is 1. The number of rotatable bonds is 8. The summed E-state index contributed by atoms with van der Waals surface area (Å²) in [5, 5.41) is 0. The molecule has 0 spiro atoms. The molecule has 0 aliphatic rings. The van der Waals surface area contributed by atoms with Gasteiger partial charge in [-0.15, -0.1) is 0 Å². The van der Waals surface area contributed by atoms with Gasteiger partial charge in [0.25, 0.3) is 0 Å². The molecular weight excluding hydrogens is 374 g/mol. The molecule has 0 saturated carbocycles. The number of aromatic nitrogens is 3. The van der Waals surface area contributed by atoms with Gasteiger partial charge in [-0.3, -0.25) is 9.36 Å². The summed E-state index contributed by atoms with van der Waals surface area (Å²) >= 11 is 0. The van der Waals surface area contributed by atoms with Crippen LogP contribution >= 0.6 is 0 Å². The van der Waals surface area contributed by atoms with Gasteiger partial charge in [-0.05, 0) is 55.0 Å². The van der Waals surface area contributed by atoms with Crippen LogP contribution in [0.2, 0.25) is 0 Å². The number of carbonyl (C=O) groups is 1. The molecule has 3 rings (SSSR count). The third-order valence-corrected chi connectivity index (χ3v) is 5.02. The molecule has 0 saturated heterocycles. The number of hydrogen-bond acceptors (Lipinski definition) is 4. The van der Waals surface area contributed by atoms with Crippen LogP contribution in [-0.4, -0.2) is 27.1 Å². The maximum absolute atomic E-state index is 11.7. The van der Waals surface area contributed by atoms with Crippen molar-refractivity contribution in [1.82, 2.24) is 14.5 Å². The van der Waals surface area contributed by atoms with Gasteiger partial charge in [0.05, 0.1) is 6.61 Å². The quantitative estimate of drug-likeness (QED) is 0.471. The molecule has 0 atom stereocenters. The minimum Gasteiger partial charge on any atom is -0.465 e. The molecule has 0 N–H and O–H groups in total. The molecule has 1 aromatic carbocycles. The molecule has 160 valence electrons. The van der Waals surface area contributed by atoms with Crippen molar-refractivity contribution in [2.75, 3.05) is 6.61 Å². The van der Waals surface area contributed by atoms with E-state index in [1.54, 1.807) is 0 Å². The number of hydrogen-bond donors (Lipinski definition) is 0. The van der Waals surface area contributed by atoms with Crippen molar-refractivity contribution < 1.29 is 9.53 Å². The molecule has 2 aromatic heterocycles. The van der Waals surface area contributed by atoms with Gasteiger partial charge in [0.15, 0.2) is 5.65 Å². The first kappa shape index (κ1) is 22.0. The van der Waals surface area contributed by atoms with Gasteiger partial charge in [-0.2, -0.15) is 0 Å². The molecule has 30 heavy (non-hydrogen) atoms. The van der Waals surface area contributed by atoms with Gasteiger partial charge in [0.1, 0.15) is 11.3 Å². The summed E-state index contributed by atoms with van der Waals surface area (Å²) in [5.74, 6) is 1.74. The van der Waals surface area contributed by atoms with Gasteiger partial charge in [-0.1, -0.05) is 39.8 Å². The van der Waals surface area contributed by atoms with Gasteiger partial charge < -0.3 is 4.74 Å². The third-order valence-electron chi connectivity index (χ3n) is 5.02. The minimum absolute atomic E-state index is 0.123. The Balaban J connectivity index is 1.84.